The second-order valence-corrected chi connectivity index (χ2v) is 4.10. The predicted octanol–water partition coefficient (Wildman–Crippen LogP) is 2.91. The molecule has 1 rings (SSSR count). The Hall–Kier alpha value is -0.730. The van der Waals surface area contributed by atoms with Crippen molar-refractivity contribution in [3.05, 3.63) is 28.8 Å². The van der Waals surface area contributed by atoms with Gasteiger partial charge in [-0.3, -0.25) is 0 Å². The highest BCUT2D eigenvalue weighted by Gasteiger charge is 2.09. The third-order valence-corrected chi connectivity index (χ3v) is 2.77. The van der Waals surface area contributed by atoms with Crippen LogP contribution in [0.2, 0.25) is 5.02 Å². The number of nitrogens with zero attached hydrogens (tertiary/aromatic N) is 1. The Bertz CT molecular complexity index is 312. The second kappa shape index (κ2) is 5.99. The highest BCUT2D eigenvalue weighted by molar-refractivity contribution is 6.31. The van der Waals surface area contributed by atoms with Crippen molar-refractivity contribution in [2.75, 3.05) is 25.5 Å². The van der Waals surface area contributed by atoms with E-state index in [2.05, 4.69) is 30.3 Å². The summed E-state index contributed by atoms with van der Waals surface area (Å²) in [7, 11) is 4.04. The Kier molecular flexibility index (Phi) is 4.92. The van der Waals surface area contributed by atoms with Gasteiger partial charge in [0.25, 0.3) is 0 Å². The summed E-state index contributed by atoms with van der Waals surface area (Å²) in [6.07, 6.45) is 1.14. The Morgan fingerprint density at radius 2 is 2.13 bits per heavy atom. The monoisotopic (exact) mass is 226 g/mol. The third-order valence-electron chi connectivity index (χ3n) is 2.42. The molecule has 0 atom stereocenters. The van der Waals surface area contributed by atoms with Gasteiger partial charge in [0.05, 0.1) is 0 Å². The predicted molar refractivity (Wildman–Crippen MR) is 67.8 cm³/mol. The topological polar surface area (TPSA) is 15.3 Å². The van der Waals surface area contributed by atoms with Crippen LogP contribution in [0.1, 0.15) is 18.9 Å². The molecule has 0 aliphatic carbocycles. The van der Waals surface area contributed by atoms with Gasteiger partial charge in [-0.15, -0.1) is 0 Å². The first-order valence-electron chi connectivity index (χ1n) is 5.33. The number of halogens is 1. The van der Waals surface area contributed by atoms with E-state index in [1.54, 1.807) is 0 Å². The standard InChI is InChI=1S/C12H19ClN2/c1-4-8-15(3)12-7-5-6-11(13)10(12)9-14-2/h5-7,14H,4,8-9H2,1-3H3. The molecule has 0 unspecified atom stereocenters. The molecule has 1 N–H and O–H groups in total. The highest BCUT2D eigenvalue weighted by Crippen LogP contribution is 2.26. The molecular formula is C12H19ClN2. The summed E-state index contributed by atoms with van der Waals surface area (Å²) in [5, 5.41) is 3.99. The van der Waals surface area contributed by atoms with Crippen molar-refractivity contribution in [2.24, 2.45) is 0 Å². The molecule has 0 fully saturated rings. The Morgan fingerprint density at radius 3 is 2.73 bits per heavy atom. The second-order valence-electron chi connectivity index (χ2n) is 3.69. The minimum Gasteiger partial charge on any atom is -0.374 e. The van der Waals surface area contributed by atoms with Crippen molar-refractivity contribution in [1.82, 2.24) is 5.32 Å². The summed E-state index contributed by atoms with van der Waals surface area (Å²) in [6.45, 7) is 4.04. The van der Waals surface area contributed by atoms with Crippen LogP contribution in [-0.4, -0.2) is 20.6 Å². The zero-order chi connectivity index (χ0) is 11.3. The quantitative estimate of drug-likeness (QED) is 0.831. The summed E-state index contributed by atoms with van der Waals surface area (Å²) >= 11 is 6.19. The molecule has 0 amide bonds. The van der Waals surface area contributed by atoms with Crippen molar-refractivity contribution in [2.45, 2.75) is 19.9 Å². The molecule has 3 heteroatoms. The van der Waals surface area contributed by atoms with Gasteiger partial charge in [-0.25, -0.2) is 0 Å². The lowest BCUT2D eigenvalue weighted by Gasteiger charge is -2.22. The highest BCUT2D eigenvalue weighted by atomic mass is 35.5. The van der Waals surface area contributed by atoms with Gasteiger partial charge in [-0.2, -0.15) is 0 Å². The minimum atomic E-state index is 0.809. The van der Waals surface area contributed by atoms with E-state index < -0.39 is 0 Å². The van der Waals surface area contributed by atoms with Crippen LogP contribution in [0.3, 0.4) is 0 Å². The van der Waals surface area contributed by atoms with Crippen LogP contribution in [0.25, 0.3) is 0 Å². The summed E-state index contributed by atoms with van der Waals surface area (Å²) in [4.78, 5) is 2.25. The van der Waals surface area contributed by atoms with Crippen molar-refractivity contribution in [1.29, 1.82) is 0 Å². The molecule has 0 bridgehead atoms. The van der Waals surface area contributed by atoms with Gasteiger partial charge in [0, 0.05) is 36.4 Å². The van der Waals surface area contributed by atoms with Gasteiger partial charge in [0.1, 0.15) is 0 Å². The lowest BCUT2D eigenvalue weighted by atomic mass is 10.1. The Labute approximate surface area is 97.2 Å². The lowest BCUT2D eigenvalue weighted by molar-refractivity contribution is 0.797. The minimum absolute atomic E-state index is 0.809. The fraction of sp³-hybridized carbons (Fsp3) is 0.500. The fourth-order valence-electron chi connectivity index (χ4n) is 1.71. The SMILES string of the molecule is CCCN(C)c1cccc(Cl)c1CNC. The summed E-state index contributed by atoms with van der Waals surface area (Å²) in [5.74, 6) is 0. The summed E-state index contributed by atoms with van der Waals surface area (Å²) < 4.78 is 0. The van der Waals surface area contributed by atoms with Crippen LogP contribution in [0, 0.1) is 0 Å². The first kappa shape index (κ1) is 12.3. The number of benzene rings is 1. The van der Waals surface area contributed by atoms with Crippen LogP contribution in [0.15, 0.2) is 18.2 Å². The summed E-state index contributed by atoms with van der Waals surface area (Å²) in [5.41, 5.74) is 2.40. The average Bonchev–Trinajstić information content (AvgIpc) is 2.21. The molecule has 1 aromatic carbocycles. The number of hydrogen-bond donors (Lipinski definition) is 1. The van der Waals surface area contributed by atoms with E-state index in [9.17, 15) is 0 Å². The van der Waals surface area contributed by atoms with E-state index in [1.807, 2.05) is 19.2 Å². The van der Waals surface area contributed by atoms with E-state index in [0.717, 1.165) is 24.5 Å². The molecule has 15 heavy (non-hydrogen) atoms. The molecule has 0 radical (unpaired) electrons. The molecule has 0 aliphatic rings. The molecule has 0 aliphatic heterocycles. The summed E-state index contributed by atoms with van der Waals surface area (Å²) in [6, 6.07) is 6.06. The molecule has 2 nitrogen and oxygen atoms in total. The van der Waals surface area contributed by atoms with Gasteiger partial charge in [-0.05, 0) is 25.6 Å². The fourth-order valence-corrected chi connectivity index (χ4v) is 1.95. The van der Waals surface area contributed by atoms with Crippen LogP contribution in [-0.2, 0) is 6.54 Å². The maximum Gasteiger partial charge on any atom is 0.0471 e. The van der Waals surface area contributed by atoms with Crippen molar-refractivity contribution in [3.63, 3.8) is 0 Å². The number of anilines is 1. The number of nitrogens with one attached hydrogen (secondary N) is 1. The smallest absolute Gasteiger partial charge is 0.0471 e. The van der Waals surface area contributed by atoms with Gasteiger partial charge in [-0.1, -0.05) is 24.6 Å². The van der Waals surface area contributed by atoms with E-state index in [0.29, 0.717) is 0 Å². The molecule has 0 saturated carbocycles. The van der Waals surface area contributed by atoms with Gasteiger partial charge >= 0.3 is 0 Å². The zero-order valence-corrected chi connectivity index (χ0v) is 10.4. The van der Waals surface area contributed by atoms with Crippen LogP contribution in [0.4, 0.5) is 5.69 Å². The van der Waals surface area contributed by atoms with Gasteiger partial charge in [0.2, 0.25) is 0 Å². The first-order valence-corrected chi connectivity index (χ1v) is 5.71. The largest absolute Gasteiger partial charge is 0.374 e. The molecule has 0 heterocycles. The van der Waals surface area contributed by atoms with E-state index in [4.69, 9.17) is 11.6 Å². The molecule has 0 aromatic heterocycles. The van der Waals surface area contributed by atoms with Crippen LogP contribution in [0.5, 0.6) is 0 Å². The lowest BCUT2D eigenvalue weighted by Crippen LogP contribution is -2.21. The first-order chi connectivity index (χ1) is 7.20. The van der Waals surface area contributed by atoms with Crippen molar-refractivity contribution < 1.29 is 0 Å². The molecule has 0 saturated heterocycles. The Morgan fingerprint density at radius 1 is 1.40 bits per heavy atom. The molecule has 0 spiro atoms. The van der Waals surface area contributed by atoms with E-state index in [1.165, 1.54) is 11.3 Å². The van der Waals surface area contributed by atoms with Gasteiger partial charge in [0.15, 0.2) is 0 Å². The molecule has 84 valence electrons. The zero-order valence-electron chi connectivity index (χ0n) is 9.68. The number of hydrogen-bond acceptors (Lipinski definition) is 2. The average molecular weight is 227 g/mol. The van der Waals surface area contributed by atoms with Crippen molar-refractivity contribution in [3.8, 4) is 0 Å². The molecule has 1 aromatic rings. The van der Waals surface area contributed by atoms with Crippen molar-refractivity contribution >= 4 is 17.3 Å². The normalized spacial score (nSPS) is 10.4. The van der Waals surface area contributed by atoms with E-state index in [-0.39, 0.29) is 0 Å². The number of rotatable bonds is 5. The van der Waals surface area contributed by atoms with Crippen LogP contribution < -0.4 is 10.2 Å². The maximum atomic E-state index is 6.19. The van der Waals surface area contributed by atoms with Gasteiger partial charge < -0.3 is 10.2 Å². The Balaban J connectivity index is 2.99. The molecular weight excluding hydrogens is 208 g/mol. The van der Waals surface area contributed by atoms with E-state index >= 15 is 0 Å². The van der Waals surface area contributed by atoms with Crippen LogP contribution >= 0.6 is 11.6 Å². The maximum absolute atomic E-state index is 6.19. The third kappa shape index (κ3) is 3.11.